The number of aliphatic hydroxyl groups excluding tert-OH is 1. The molecule has 5 heteroatoms. The molecule has 2 aromatic rings. The minimum Gasteiger partial charge on any atom is -0.394 e. The fourth-order valence-corrected chi connectivity index (χ4v) is 3.22. The van der Waals surface area contributed by atoms with Crippen LogP contribution in [0.2, 0.25) is 0 Å². The van der Waals surface area contributed by atoms with Crippen LogP contribution in [0.1, 0.15) is 10.9 Å². The van der Waals surface area contributed by atoms with Gasteiger partial charge in [-0.1, -0.05) is 6.07 Å². The van der Waals surface area contributed by atoms with E-state index in [4.69, 9.17) is 0 Å². The molecule has 0 bridgehead atoms. The average molecular weight is 316 g/mol. The van der Waals surface area contributed by atoms with Crippen LogP contribution in [-0.4, -0.2) is 11.7 Å². The van der Waals surface area contributed by atoms with E-state index in [-0.39, 0.29) is 18.5 Å². The van der Waals surface area contributed by atoms with Crippen molar-refractivity contribution in [3.05, 3.63) is 50.9 Å². The van der Waals surface area contributed by atoms with E-state index in [2.05, 4.69) is 21.2 Å². The molecule has 2 nitrogen and oxygen atoms in total. The number of nitrogens with one attached hydrogen (secondary N) is 1. The Balaban J connectivity index is 2.19. The average Bonchev–Trinajstić information content (AvgIpc) is 2.72. The molecule has 1 unspecified atom stereocenters. The van der Waals surface area contributed by atoms with Crippen LogP contribution < -0.4 is 5.32 Å². The fourth-order valence-electron chi connectivity index (χ4n) is 1.53. The van der Waals surface area contributed by atoms with Gasteiger partial charge in [0.15, 0.2) is 0 Å². The first-order valence-electron chi connectivity index (χ1n) is 5.06. The van der Waals surface area contributed by atoms with Crippen LogP contribution in [0.5, 0.6) is 0 Å². The van der Waals surface area contributed by atoms with Gasteiger partial charge in [0.05, 0.1) is 12.6 Å². The molecular weight excluding hydrogens is 305 g/mol. The van der Waals surface area contributed by atoms with Gasteiger partial charge < -0.3 is 10.4 Å². The molecule has 0 aliphatic rings. The molecule has 90 valence electrons. The van der Waals surface area contributed by atoms with Gasteiger partial charge in [-0.05, 0) is 45.6 Å². The third-order valence-electron chi connectivity index (χ3n) is 2.31. The lowest BCUT2D eigenvalue weighted by Crippen LogP contribution is -2.14. The Morgan fingerprint density at radius 1 is 1.41 bits per heavy atom. The predicted molar refractivity (Wildman–Crippen MR) is 71.9 cm³/mol. The number of aliphatic hydroxyl groups is 1. The number of hydrogen-bond acceptors (Lipinski definition) is 3. The van der Waals surface area contributed by atoms with Crippen LogP contribution in [0.15, 0.2) is 40.2 Å². The quantitative estimate of drug-likeness (QED) is 0.899. The van der Waals surface area contributed by atoms with E-state index < -0.39 is 0 Å². The van der Waals surface area contributed by atoms with Crippen molar-refractivity contribution in [2.45, 2.75) is 6.04 Å². The molecule has 1 atom stereocenters. The Labute approximate surface area is 111 Å². The van der Waals surface area contributed by atoms with Gasteiger partial charge in [0.1, 0.15) is 5.82 Å². The first kappa shape index (κ1) is 12.5. The number of benzene rings is 1. The van der Waals surface area contributed by atoms with Crippen LogP contribution in [0.4, 0.5) is 10.1 Å². The summed E-state index contributed by atoms with van der Waals surface area (Å²) in [5.74, 6) is -0.295. The lowest BCUT2D eigenvalue weighted by atomic mass is 10.2. The lowest BCUT2D eigenvalue weighted by Gasteiger charge is -2.16. The van der Waals surface area contributed by atoms with E-state index in [9.17, 15) is 9.50 Å². The van der Waals surface area contributed by atoms with Crippen molar-refractivity contribution in [3.8, 4) is 0 Å². The van der Waals surface area contributed by atoms with E-state index in [0.717, 1.165) is 9.35 Å². The largest absolute Gasteiger partial charge is 0.394 e. The van der Waals surface area contributed by atoms with Crippen LogP contribution in [0, 0.1) is 5.82 Å². The van der Waals surface area contributed by atoms with Gasteiger partial charge in [-0.2, -0.15) is 0 Å². The minimum absolute atomic E-state index is 0.0460. The highest BCUT2D eigenvalue weighted by atomic mass is 79.9. The highest BCUT2D eigenvalue weighted by Gasteiger charge is 2.14. The highest BCUT2D eigenvalue weighted by Crippen LogP contribution is 2.31. The van der Waals surface area contributed by atoms with Crippen LogP contribution in [-0.2, 0) is 0 Å². The predicted octanol–water partition coefficient (Wildman–Crippen LogP) is 3.80. The summed E-state index contributed by atoms with van der Waals surface area (Å²) in [6, 6.07) is 7.90. The summed E-state index contributed by atoms with van der Waals surface area (Å²) in [7, 11) is 0. The molecule has 1 heterocycles. The molecule has 1 aromatic carbocycles. The van der Waals surface area contributed by atoms with Crippen LogP contribution >= 0.6 is 27.3 Å². The van der Waals surface area contributed by atoms with E-state index in [1.54, 1.807) is 23.5 Å². The molecule has 2 N–H and O–H groups in total. The van der Waals surface area contributed by atoms with Gasteiger partial charge in [0.25, 0.3) is 0 Å². The summed E-state index contributed by atoms with van der Waals surface area (Å²) < 4.78 is 14.0. The topological polar surface area (TPSA) is 32.3 Å². The Morgan fingerprint density at radius 3 is 2.82 bits per heavy atom. The monoisotopic (exact) mass is 315 g/mol. The van der Waals surface area contributed by atoms with Gasteiger partial charge >= 0.3 is 0 Å². The highest BCUT2D eigenvalue weighted by molar-refractivity contribution is 9.10. The number of halogens is 2. The molecule has 0 amide bonds. The second kappa shape index (κ2) is 5.62. The van der Waals surface area contributed by atoms with E-state index in [0.29, 0.717) is 5.69 Å². The van der Waals surface area contributed by atoms with Crippen molar-refractivity contribution in [2.24, 2.45) is 0 Å². The molecule has 1 aromatic heterocycles. The summed E-state index contributed by atoms with van der Waals surface area (Å²) in [6.07, 6.45) is 0. The molecule has 0 aliphatic heterocycles. The Hall–Kier alpha value is -0.910. The summed E-state index contributed by atoms with van der Waals surface area (Å²) in [4.78, 5) is 0.997. The second-order valence-corrected chi connectivity index (χ2v) is 5.32. The molecule has 0 spiro atoms. The van der Waals surface area contributed by atoms with E-state index >= 15 is 0 Å². The van der Waals surface area contributed by atoms with Crippen molar-refractivity contribution in [1.29, 1.82) is 0 Å². The van der Waals surface area contributed by atoms with Crippen molar-refractivity contribution in [1.82, 2.24) is 0 Å². The van der Waals surface area contributed by atoms with Gasteiger partial charge in [0, 0.05) is 15.0 Å². The number of anilines is 1. The molecule has 0 fully saturated rings. The zero-order valence-corrected chi connectivity index (χ0v) is 11.3. The number of rotatable bonds is 4. The van der Waals surface area contributed by atoms with Crippen LogP contribution in [0.25, 0.3) is 0 Å². The standard InChI is InChI=1S/C12H11BrFNOS/c13-10-4-5-17-12(10)11(7-16)15-9-3-1-2-8(14)6-9/h1-6,11,15-16H,7H2. The molecule has 0 saturated carbocycles. The summed E-state index contributed by atoms with van der Waals surface area (Å²) in [5, 5.41) is 14.4. The van der Waals surface area contributed by atoms with Gasteiger partial charge in [-0.25, -0.2) is 4.39 Å². The van der Waals surface area contributed by atoms with Crippen LogP contribution in [0.3, 0.4) is 0 Å². The third kappa shape index (κ3) is 3.06. The maximum Gasteiger partial charge on any atom is 0.125 e. The lowest BCUT2D eigenvalue weighted by molar-refractivity contribution is 0.277. The maximum atomic E-state index is 13.0. The zero-order valence-electron chi connectivity index (χ0n) is 8.86. The normalized spacial score (nSPS) is 12.4. The smallest absolute Gasteiger partial charge is 0.125 e. The number of hydrogen-bond donors (Lipinski definition) is 2. The molecule has 0 radical (unpaired) electrons. The number of thiophene rings is 1. The first-order chi connectivity index (χ1) is 8.20. The summed E-state index contributed by atoms with van der Waals surface area (Å²) in [6.45, 7) is -0.0460. The Bertz CT molecular complexity index is 503. The minimum atomic E-state index is -0.295. The SMILES string of the molecule is OCC(Nc1cccc(F)c1)c1sccc1Br. The van der Waals surface area contributed by atoms with Gasteiger partial charge in [-0.15, -0.1) is 11.3 Å². The molecule has 0 saturated heterocycles. The molecule has 0 aliphatic carbocycles. The van der Waals surface area contributed by atoms with Gasteiger partial charge in [-0.3, -0.25) is 0 Å². The van der Waals surface area contributed by atoms with Gasteiger partial charge in [0.2, 0.25) is 0 Å². The first-order valence-corrected chi connectivity index (χ1v) is 6.74. The van der Waals surface area contributed by atoms with Crippen molar-refractivity contribution < 1.29 is 9.50 Å². The van der Waals surface area contributed by atoms with Crippen molar-refractivity contribution in [2.75, 3.05) is 11.9 Å². The van der Waals surface area contributed by atoms with E-state index in [1.807, 2.05) is 11.4 Å². The Morgan fingerprint density at radius 2 is 2.24 bits per heavy atom. The zero-order chi connectivity index (χ0) is 12.3. The third-order valence-corrected chi connectivity index (χ3v) is 4.29. The Kier molecular flexibility index (Phi) is 4.15. The summed E-state index contributed by atoms with van der Waals surface area (Å²) in [5.41, 5.74) is 0.657. The van der Waals surface area contributed by atoms with E-state index in [1.165, 1.54) is 12.1 Å². The molecule has 2 rings (SSSR count). The van der Waals surface area contributed by atoms with Crippen molar-refractivity contribution >= 4 is 33.0 Å². The second-order valence-electron chi connectivity index (χ2n) is 3.52. The summed E-state index contributed by atoms with van der Waals surface area (Å²) >= 11 is 4.96. The van der Waals surface area contributed by atoms with Crippen molar-refractivity contribution in [3.63, 3.8) is 0 Å². The molecule has 17 heavy (non-hydrogen) atoms. The maximum absolute atomic E-state index is 13.0. The molecular formula is C12H11BrFNOS. The fraction of sp³-hybridized carbons (Fsp3) is 0.167.